The number of aryl methyl sites for hydroxylation is 1. The van der Waals surface area contributed by atoms with Crippen LogP contribution in [0.4, 0.5) is 0 Å². The highest BCUT2D eigenvalue weighted by atomic mass is 32.2. The molecule has 4 aliphatic carbocycles. The zero-order chi connectivity index (χ0) is 18.3. The van der Waals surface area contributed by atoms with E-state index >= 15 is 0 Å². The third-order valence-corrected chi connectivity index (χ3v) is 8.94. The van der Waals surface area contributed by atoms with Gasteiger partial charge in [-0.1, -0.05) is 13.0 Å². The third kappa shape index (κ3) is 2.00. The van der Waals surface area contributed by atoms with Crippen LogP contribution in [-0.4, -0.2) is 21.2 Å². The van der Waals surface area contributed by atoms with E-state index in [-0.39, 0.29) is 10.8 Å². The highest BCUT2D eigenvalue weighted by Gasteiger charge is 2.76. The molecule has 0 saturated heterocycles. The van der Waals surface area contributed by atoms with Gasteiger partial charge in [0.25, 0.3) is 0 Å². The van der Waals surface area contributed by atoms with Crippen LogP contribution in [0.15, 0.2) is 18.2 Å². The van der Waals surface area contributed by atoms with Crippen molar-refractivity contribution in [1.82, 2.24) is 4.72 Å². The molecule has 5 nitrogen and oxygen atoms in total. The van der Waals surface area contributed by atoms with Gasteiger partial charge in [-0.25, -0.2) is 0 Å². The molecule has 4 aliphatic rings. The van der Waals surface area contributed by atoms with Crippen molar-refractivity contribution in [2.75, 3.05) is 7.05 Å². The lowest BCUT2D eigenvalue weighted by atomic mass is 9.52. The van der Waals surface area contributed by atoms with Crippen molar-refractivity contribution in [3.63, 3.8) is 0 Å². The molecule has 0 unspecified atom stereocenters. The van der Waals surface area contributed by atoms with E-state index in [0.717, 1.165) is 32.1 Å². The van der Waals surface area contributed by atoms with E-state index in [2.05, 4.69) is 17.7 Å². The Balaban J connectivity index is 1.48. The average molecular weight is 375 g/mol. The Morgan fingerprint density at radius 2 is 2.08 bits per heavy atom. The van der Waals surface area contributed by atoms with Crippen molar-refractivity contribution >= 4 is 16.1 Å². The molecule has 6 heteroatoms. The molecule has 1 aromatic carbocycles. The molecule has 0 heterocycles. The molecule has 5 atom stereocenters. The minimum atomic E-state index is -3.74. The average Bonchev–Trinajstić information content (AvgIpc) is 3.27. The normalized spacial score (nSPS) is 40.2. The second-order valence-electron chi connectivity index (χ2n) is 8.79. The Bertz CT molecular complexity index is 910. The van der Waals surface area contributed by atoms with Crippen molar-refractivity contribution in [3.05, 3.63) is 29.3 Å². The summed E-state index contributed by atoms with van der Waals surface area (Å²) in [6.45, 7) is 2.23. The summed E-state index contributed by atoms with van der Waals surface area (Å²) in [7, 11) is -2.40. The highest BCUT2D eigenvalue weighted by Crippen LogP contribution is 2.80. The van der Waals surface area contributed by atoms with Crippen LogP contribution >= 0.6 is 0 Å². The minimum Gasteiger partial charge on any atom is -0.371 e. The molecule has 0 bridgehead atoms. The van der Waals surface area contributed by atoms with E-state index in [1.54, 1.807) is 6.07 Å². The fourth-order valence-electron chi connectivity index (χ4n) is 6.75. The monoisotopic (exact) mass is 375 g/mol. The maximum absolute atomic E-state index is 12.6. The van der Waals surface area contributed by atoms with Gasteiger partial charge in [-0.3, -0.25) is 4.79 Å². The predicted molar refractivity (Wildman–Crippen MR) is 97.1 cm³/mol. The van der Waals surface area contributed by atoms with Crippen molar-refractivity contribution in [3.8, 4) is 5.75 Å². The van der Waals surface area contributed by atoms with Crippen LogP contribution in [0, 0.1) is 22.7 Å². The summed E-state index contributed by atoms with van der Waals surface area (Å²) in [5.41, 5.74) is 2.70. The van der Waals surface area contributed by atoms with Gasteiger partial charge in [-0.05, 0) is 78.5 Å². The number of rotatable bonds is 3. The first-order valence-electron chi connectivity index (χ1n) is 9.60. The number of ketones is 1. The first-order valence-corrected chi connectivity index (χ1v) is 11.0. The summed E-state index contributed by atoms with van der Waals surface area (Å²) in [5.74, 6) is 2.57. The summed E-state index contributed by atoms with van der Waals surface area (Å²) in [6, 6.07) is 5.71. The lowest BCUT2D eigenvalue weighted by molar-refractivity contribution is -0.132. The molecule has 0 radical (unpaired) electrons. The molecule has 26 heavy (non-hydrogen) atoms. The van der Waals surface area contributed by atoms with Crippen LogP contribution in [-0.2, 0) is 21.5 Å². The van der Waals surface area contributed by atoms with Gasteiger partial charge in [0.1, 0.15) is 11.5 Å². The topological polar surface area (TPSA) is 72.5 Å². The second kappa shape index (κ2) is 5.10. The Hall–Kier alpha value is -1.40. The van der Waals surface area contributed by atoms with Gasteiger partial charge in [-0.15, -0.1) is 0 Å². The van der Waals surface area contributed by atoms with Gasteiger partial charge in [0.2, 0.25) is 0 Å². The van der Waals surface area contributed by atoms with Gasteiger partial charge in [-0.2, -0.15) is 13.1 Å². The summed E-state index contributed by atoms with van der Waals surface area (Å²) in [4.78, 5) is 12.6. The highest BCUT2D eigenvalue weighted by molar-refractivity contribution is 7.85. The molecule has 3 fully saturated rings. The van der Waals surface area contributed by atoms with Crippen molar-refractivity contribution in [2.24, 2.45) is 22.7 Å². The number of fused-ring (bicyclic) bond motifs is 3. The summed E-state index contributed by atoms with van der Waals surface area (Å²) >= 11 is 0. The fourth-order valence-corrected chi connectivity index (χ4v) is 7.19. The number of nitrogens with one attached hydrogen (secondary N) is 1. The number of carbonyl (C=O) groups excluding carboxylic acids is 1. The zero-order valence-electron chi connectivity index (χ0n) is 15.2. The Morgan fingerprint density at radius 3 is 2.85 bits per heavy atom. The summed E-state index contributed by atoms with van der Waals surface area (Å²) in [6.07, 6.45) is 6.11. The molecule has 140 valence electrons. The largest absolute Gasteiger partial charge is 0.382 e. The van der Waals surface area contributed by atoms with Crippen LogP contribution in [0.1, 0.15) is 56.1 Å². The minimum absolute atomic E-state index is 0.0970. The molecule has 3 saturated carbocycles. The molecular formula is C20H25NO4S. The molecule has 1 spiro atoms. The lowest BCUT2D eigenvalue weighted by Gasteiger charge is -2.50. The fraction of sp³-hybridized carbons (Fsp3) is 0.650. The van der Waals surface area contributed by atoms with E-state index in [9.17, 15) is 13.2 Å². The van der Waals surface area contributed by atoms with E-state index < -0.39 is 10.3 Å². The molecule has 0 aromatic heterocycles. The van der Waals surface area contributed by atoms with E-state index in [0.29, 0.717) is 29.3 Å². The van der Waals surface area contributed by atoms with Gasteiger partial charge >= 0.3 is 10.3 Å². The lowest BCUT2D eigenvalue weighted by Crippen LogP contribution is -2.46. The first kappa shape index (κ1) is 16.8. The van der Waals surface area contributed by atoms with E-state index in [1.165, 1.54) is 24.6 Å². The summed E-state index contributed by atoms with van der Waals surface area (Å²) in [5, 5.41) is 0. The number of carbonyl (C=O) groups is 1. The smallest absolute Gasteiger partial charge is 0.371 e. The summed E-state index contributed by atoms with van der Waals surface area (Å²) < 4.78 is 30.6. The SMILES string of the molecule is CNS(=O)(=O)Oc1ccc2c(c1)CC[C@@H]1[C@@H]2CC[C@]2(C)C(=O)C[C@@H]3C[C@]312. The van der Waals surface area contributed by atoms with Crippen LogP contribution < -0.4 is 8.91 Å². The molecule has 1 aromatic rings. The van der Waals surface area contributed by atoms with Crippen LogP contribution in [0.5, 0.6) is 5.75 Å². The predicted octanol–water partition coefficient (Wildman–Crippen LogP) is 2.95. The number of hydrogen-bond donors (Lipinski definition) is 1. The number of benzene rings is 1. The van der Waals surface area contributed by atoms with Crippen LogP contribution in [0.2, 0.25) is 0 Å². The second-order valence-corrected chi connectivity index (χ2v) is 10.3. The molecular weight excluding hydrogens is 350 g/mol. The van der Waals surface area contributed by atoms with Crippen LogP contribution in [0.3, 0.4) is 0 Å². The maximum atomic E-state index is 12.6. The Labute approximate surface area is 154 Å². The Kier molecular flexibility index (Phi) is 3.29. The Morgan fingerprint density at radius 1 is 1.27 bits per heavy atom. The maximum Gasteiger partial charge on any atom is 0.382 e. The quantitative estimate of drug-likeness (QED) is 0.882. The molecule has 0 aliphatic heterocycles. The van der Waals surface area contributed by atoms with Crippen LogP contribution in [0.25, 0.3) is 0 Å². The molecule has 0 amide bonds. The van der Waals surface area contributed by atoms with Crippen molar-refractivity contribution in [2.45, 2.75) is 51.4 Å². The molecule has 1 N–H and O–H groups in total. The van der Waals surface area contributed by atoms with E-state index in [4.69, 9.17) is 4.18 Å². The van der Waals surface area contributed by atoms with Crippen molar-refractivity contribution in [1.29, 1.82) is 0 Å². The van der Waals surface area contributed by atoms with Gasteiger partial charge in [0.05, 0.1) is 0 Å². The van der Waals surface area contributed by atoms with Gasteiger partial charge < -0.3 is 4.18 Å². The van der Waals surface area contributed by atoms with E-state index in [1.807, 2.05) is 6.07 Å². The number of Topliss-reactive ketones (excluding diaryl/α,β-unsaturated/α-hetero) is 1. The number of hydrogen-bond acceptors (Lipinski definition) is 4. The first-order chi connectivity index (χ1) is 12.3. The van der Waals surface area contributed by atoms with Gasteiger partial charge in [0, 0.05) is 18.9 Å². The third-order valence-electron chi connectivity index (χ3n) is 8.02. The molecule has 5 rings (SSSR count). The standard InChI is InChI=1S/C20H25NO4S/c1-19-8-7-16-15-5-4-14(25-26(23,24)21-2)9-12(15)3-6-17(16)20(19)11-13(20)10-18(19)22/h4-5,9,13,16-17,21H,3,6-8,10-11H2,1-2H3/t13-,16-,17-,19-,20+/m1/s1. The van der Waals surface area contributed by atoms with Gasteiger partial charge in [0.15, 0.2) is 0 Å². The zero-order valence-corrected chi connectivity index (χ0v) is 16.1. The van der Waals surface area contributed by atoms with Crippen molar-refractivity contribution < 1.29 is 17.4 Å².